The molecule has 0 aliphatic heterocycles. The third-order valence-corrected chi connectivity index (χ3v) is 3.63. The van der Waals surface area contributed by atoms with E-state index in [1.54, 1.807) is 0 Å². The molecule has 1 saturated carbocycles. The minimum absolute atomic E-state index is 0.183. The molecule has 0 radical (unpaired) electrons. The Morgan fingerprint density at radius 2 is 2.24 bits per heavy atom. The van der Waals surface area contributed by atoms with Gasteiger partial charge in [-0.3, -0.25) is 4.98 Å². The quantitative estimate of drug-likeness (QED) is 0.838. The first-order chi connectivity index (χ1) is 8.31. The molecule has 1 aromatic rings. The summed E-state index contributed by atoms with van der Waals surface area (Å²) >= 11 is 0. The number of nitrogens with zero attached hydrogens (tertiary/aromatic N) is 1. The zero-order chi connectivity index (χ0) is 12.1. The first kappa shape index (κ1) is 12.5. The summed E-state index contributed by atoms with van der Waals surface area (Å²) < 4.78 is 0. The number of rotatable bonds is 4. The van der Waals surface area contributed by atoms with E-state index in [1.165, 1.54) is 12.0 Å². The Morgan fingerprint density at radius 1 is 1.41 bits per heavy atom. The highest BCUT2D eigenvalue weighted by molar-refractivity contribution is 5.19. The van der Waals surface area contributed by atoms with E-state index < -0.39 is 0 Å². The van der Waals surface area contributed by atoms with Crippen molar-refractivity contribution in [1.82, 2.24) is 10.3 Å². The maximum Gasteiger partial charge on any atom is 0.0693 e. The fourth-order valence-corrected chi connectivity index (χ4v) is 2.53. The summed E-state index contributed by atoms with van der Waals surface area (Å²) in [6, 6.07) is 4.36. The molecule has 0 saturated heterocycles. The fourth-order valence-electron chi connectivity index (χ4n) is 2.53. The van der Waals surface area contributed by atoms with Crippen molar-refractivity contribution in [3.63, 3.8) is 0 Å². The smallest absolute Gasteiger partial charge is 0.0693 e. The van der Waals surface area contributed by atoms with Crippen LogP contribution in [0.3, 0.4) is 0 Å². The van der Waals surface area contributed by atoms with Gasteiger partial charge >= 0.3 is 0 Å². The van der Waals surface area contributed by atoms with Crippen molar-refractivity contribution in [2.75, 3.05) is 0 Å². The number of hydrogen-bond donors (Lipinski definition) is 2. The molecular weight excluding hydrogens is 212 g/mol. The number of hydrogen-bond acceptors (Lipinski definition) is 3. The molecule has 2 rings (SSSR count). The monoisotopic (exact) mass is 234 g/mol. The maximum absolute atomic E-state index is 9.89. The first-order valence-corrected chi connectivity index (χ1v) is 6.65. The highest BCUT2D eigenvalue weighted by Gasteiger charge is 2.22. The van der Waals surface area contributed by atoms with Gasteiger partial charge in [0.25, 0.3) is 0 Å². The van der Waals surface area contributed by atoms with Crippen LogP contribution in [0.25, 0.3) is 0 Å². The van der Waals surface area contributed by atoms with Crippen LogP contribution in [0.4, 0.5) is 0 Å². The van der Waals surface area contributed by atoms with Crippen LogP contribution in [-0.4, -0.2) is 22.2 Å². The average molecular weight is 234 g/mol. The van der Waals surface area contributed by atoms with Gasteiger partial charge in [0, 0.05) is 18.8 Å². The van der Waals surface area contributed by atoms with Gasteiger partial charge in [-0.15, -0.1) is 0 Å². The van der Waals surface area contributed by atoms with Crippen LogP contribution in [0.5, 0.6) is 0 Å². The Morgan fingerprint density at radius 3 is 3.00 bits per heavy atom. The van der Waals surface area contributed by atoms with Gasteiger partial charge in [-0.25, -0.2) is 0 Å². The van der Waals surface area contributed by atoms with Crippen molar-refractivity contribution in [2.45, 2.75) is 57.7 Å². The molecule has 0 spiro atoms. The van der Waals surface area contributed by atoms with Crippen molar-refractivity contribution >= 4 is 0 Å². The van der Waals surface area contributed by atoms with Gasteiger partial charge in [-0.1, -0.05) is 25.8 Å². The van der Waals surface area contributed by atoms with Gasteiger partial charge in [0.05, 0.1) is 11.8 Å². The summed E-state index contributed by atoms with van der Waals surface area (Å²) in [6.45, 7) is 2.92. The second-order valence-electron chi connectivity index (χ2n) is 4.80. The molecule has 0 aromatic carbocycles. The fraction of sp³-hybridized carbons (Fsp3) is 0.643. The molecule has 1 heterocycles. The van der Waals surface area contributed by atoms with Gasteiger partial charge in [-0.05, 0) is 30.9 Å². The third kappa shape index (κ3) is 3.27. The molecule has 94 valence electrons. The Bertz CT molecular complexity index is 354. The van der Waals surface area contributed by atoms with Crippen molar-refractivity contribution in [2.24, 2.45) is 0 Å². The van der Waals surface area contributed by atoms with Crippen LogP contribution < -0.4 is 5.32 Å². The molecule has 0 bridgehead atoms. The molecule has 1 aliphatic rings. The molecule has 0 amide bonds. The van der Waals surface area contributed by atoms with E-state index in [9.17, 15) is 5.11 Å². The predicted octanol–water partition coefficient (Wildman–Crippen LogP) is 2.04. The lowest BCUT2D eigenvalue weighted by Crippen LogP contribution is -2.41. The number of nitrogens with one attached hydrogen (secondary N) is 1. The molecule has 0 unspecified atom stereocenters. The lowest BCUT2D eigenvalue weighted by Gasteiger charge is -2.28. The maximum atomic E-state index is 9.89. The topological polar surface area (TPSA) is 45.2 Å². The SMILES string of the molecule is CCc1cccnc1CN[C@H]1CCCC[C@@H]1O. The highest BCUT2D eigenvalue weighted by atomic mass is 16.3. The van der Waals surface area contributed by atoms with Crippen molar-refractivity contribution in [3.8, 4) is 0 Å². The van der Waals surface area contributed by atoms with E-state index in [0.29, 0.717) is 0 Å². The Balaban J connectivity index is 1.92. The van der Waals surface area contributed by atoms with E-state index in [1.807, 2.05) is 12.3 Å². The van der Waals surface area contributed by atoms with Gasteiger partial charge in [0.2, 0.25) is 0 Å². The molecule has 1 fully saturated rings. The van der Waals surface area contributed by atoms with Crippen LogP contribution in [-0.2, 0) is 13.0 Å². The van der Waals surface area contributed by atoms with Crippen LogP contribution in [0, 0.1) is 0 Å². The van der Waals surface area contributed by atoms with E-state index in [2.05, 4.69) is 23.3 Å². The summed E-state index contributed by atoms with van der Waals surface area (Å²) in [7, 11) is 0. The zero-order valence-corrected chi connectivity index (χ0v) is 10.5. The summed E-state index contributed by atoms with van der Waals surface area (Å²) in [5.41, 5.74) is 2.41. The molecule has 1 aliphatic carbocycles. The summed E-state index contributed by atoms with van der Waals surface area (Å²) in [5.74, 6) is 0. The van der Waals surface area contributed by atoms with Crippen LogP contribution in [0.2, 0.25) is 0 Å². The van der Waals surface area contributed by atoms with Gasteiger partial charge in [-0.2, -0.15) is 0 Å². The van der Waals surface area contributed by atoms with Crippen molar-refractivity contribution in [3.05, 3.63) is 29.6 Å². The lowest BCUT2D eigenvalue weighted by molar-refractivity contribution is 0.0900. The molecule has 3 heteroatoms. The molecule has 1 aromatic heterocycles. The van der Waals surface area contributed by atoms with E-state index >= 15 is 0 Å². The molecular formula is C14H22N2O. The molecule has 2 atom stereocenters. The largest absolute Gasteiger partial charge is 0.392 e. The van der Waals surface area contributed by atoms with Gasteiger partial charge < -0.3 is 10.4 Å². The minimum atomic E-state index is -0.183. The Labute approximate surface area is 103 Å². The van der Waals surface area contributed by atoms with Crippen molar-refractivity contribution in [1.29, 1.82) is 0 Å². The Kier molecular flexibility index (Phi) is 4.51. The number of aliphatic hydroxyl groups excluding tert-OH is 1. The molecule has 2 N–H and O–H groups in total. The van der Waals surface area contributed by atoms with Gasteiger partial charge in [0.1, 0.15) is 0 Å². The first-order valence-electron chi connectivity index (χ1n) is 6.65. The summed E-state index contributed by atoms with van der Waals surface area (Å²) in [5, 5.41) is 13.3. The molecule has 3 nitrogen and oxygen atoms in total. The lowest BCUT2D eigenvalue weighted by atomic mass is 9.92. The second-order valence-corrected chi connectivity index (χ2v) is 4.80. The van der Waals surface area contributed by atoms with E-state index in [4.69, 9.17) is 0 Å². The third-order valence-electron chi connectivity index (χ3n) is 3.63. The van der Waals surface area contributed by atoms with Crippen LogP contribution in [0.15, 0.2) is 18.3 Å². The van der Waals surface area contributed by atoms with E-state index in [0.717, 1.165) is 37.9 Å². The standard InChI is InChI=1S/C14H22N2O/c1-2-11-6-5-9-15-13(11)10-16-12-7-3-4-8-14(12)17/h5-6,9,12,14,16-17H,2-4,7-8,10H2,1H3/t12-,14-/m0/s1. The summed E-state index contributed by atoms with van der Waals surface area (Å²) in [6.07, 6.45) is 7.06. The normalized spacial score (nSPS) is 24.8. The number of pyridine rings is 1. The summed E-state index contributed by atoms with van der Waals surface area (Å²) in [4.78, 5) is 4.41. The number of aromatic nitrogens is 1. The van der Waals surface area contributed by atoms with Crippen LogP contribution in [0.1, 0.15) is 43.9 Å². The van der Waals surface area contributed by atoms with Crippen LogP contribution >= 0.6 is 0 Å². The second kappa shape index (κ2) is 6.12. The number of aryl methyl sites for hydroxylation is 1. The van der Waals surface area contributed by atoms with Gasteiger partial charge in [0.15, 0.2) is 0 Å². The highest BCUT2D eigenvalue weighted by Crippen LogP contribution is 2.18. The van der Waals surface area contributed by atoms with E-state index in [-0.39, 0.29) is 12.1 Å². The zero-order valence-electron chi connectivity index (χ0n) is 10.5. The van der Waals surface area contributed by atoms with Crippen molar-refractivity contribution < 1.29 is 5.11 Å². The Hall–Kier alpha value is -0.930. The number of aliphatic hydroxyl groups is 1. The average Bonchev–Trinajstić information content (AvgIpc) is 2.38. The minimum Gasteiger partial charge on any atom is -0.392 e. The molecule has 17 heavy (non-hydrogen) atoms. The predicted molar refractivity (Wildman–Crippen MR) is 68.7 cm³/mol.